The van der Waals surface area contributed by atoms with E-state index in [1.165, 1.54) is 19.2 Å². The van der Waals surface area contributed by atoms with E-state index in [1.54, 1.807) is 29.7 Å². The number of pyridine rings is 1. The van der Waals surface area contributed by atoms with Gasteiger partial charge in [0.1, 0.15) is 11.3 Å². The summed E-state index contributed by atoms with van der Waals surface area (Å²) in [6.07, 6.45) is 0.637. The molecule has 1 aliphatic rings. The average molecular weight is 462 g/mol. The van der Waals surface area contributed by atoms with Crippen LogP contribution in [0.25, 0.3) is 0 Å². The van der Waals surface area contributed by atoms with Gasteiger partial charge in [0.25, 0.3) is 5.56 Å². The van der Waals surface area contributed by atoms with Crippen LogP contribution in [0.3, 0.4) is 0 Å². The summed E-state index contributed by atoms with van der Waals surface area (Å²) in [5, 5.41) is 20.1. The molecule has 1 aromatic heterocycles. The van der Waals surface area contributed by atoms with Crippen LogP contribution in [0.5, 0.6) is 5.75 Å². The number of carbonyl (C=O) groups is 1. The number of rotatable bonds is 6. The molecular weight excluding hydrogens is 438 g/mol. The van der Waals surface area contributed by atoms with Gasteiger partial charge in [-0.2, -0.15) is 0 Å². The number of aromatic nitrogens is 1. The minimum absolute atomic E-state index is 0.00298. The quantitative estimate of drug-likeness (QED) is 0.422. The van der Waals surface area contributed by atoms with Crippen LogP contribution in [0.1, 0.15) is 28.3 Å². The standard InChI is InChI=1S/C25H24N3O6/c1-15-14-19-21(24(29)27(15)13-12-16-6-4-3-5-7-16)20(22(23(26)34-19)25(30)33-2)17-8-10-18(11-9-17)28(31)32/h3-11,14,20,31H,12-13,26H2,1-2H3/q-1/t20-/m0/s1. The Labute approximate surface area is 195 Å². The summed E-state index contributed by atoms with van der Waals surface area (Å²) < 4.78 is 12.3. The fraction of sp³-hybridized carbons (Fsp3) is 0.200. The molecule has 1 atom stereocenters. The van der Waals surface area contributed by atoms with Crippen molar-refractivity contribution in [1.29, 1.82) is 0 Å². The van der Waals surface area contributed by atoms with E-state index in [1.807, 2.05) is 30.3 Å². The number of hydrogen-bond donors (Lipinski definition) is 2. The van der Waals surface area contributed by atoms with Crippen molar-refractivity contribution >= 4 is 11.7 Å². The normalized spacial score (nSPS) is 14.9. The lowest BCUT2D eigenvalue weighted by molar-refractivity contribution is -0.136. The van der Waals surface area contributed by atoms with Crippen LogP contribution >= 0.6 is 0 Å². The molecule has 3 N–H and O–H groups in total. The van der Waals surface area contributed by atoms with Crippen LogP contribution in [-0.2, 0) is 22.5 Å². The summed E-state index contributed by atoms with van der Waals surface area (Å²) in [5.74, 6) is -1.53. The van der Waals surface area contributed by atoms with Crippen LogP contribution in [0.2, 0.25) is 0 Å². The zero-order chi connectivity index (χ0) is 24.4. The summed E-state index contributed by atoms with van der Waals surface area (Å²) in [6, 6.07) is 17.4. The SMILES string of the molecule is COC(=O)C1=C(N)Oc2cc(C)n(CCc3ccccc3)c(=O)c2[C@@H]1c1ccc(N([O-])O)cc1. The van der Waals surface area contributed by atoms with E-state index in [-0.39, 0.29) is 39.2 Å². The second kappa shape index (κ2) is 9.42. The van der Waals surface area contributed by atoms with Gasteiger partial charge >= 0.3 is 5.97 Å². The summed E-state index contributed by atoms with van der Waals surface area (Å²) in [6.45, 7) is 2.23. The second-order valence-electron chi connectivity index (χ2n) is 7.93. The summed E-state index contributed by atoms with van der Waals surface area (Å²) >= 11 is 0. The Morgan fingerprint density at radius 1 is 1.21 bits per heavy atom. The van der Waals surface area contributed by atoms with Crippen LogP contribution < -0.4 is 21.3 Å². The highest BCUT2D eigenvalue weighted by Crippen LogP contribution is 2.41. The number of benzene rings is 2. The second-order valence-corrected chi connectivity index (χ2v) is 7.93. The van der Waals surface area contributed by atoms with Crippen molar-refractivity contribution in [3.05, 3.63) is 110 Å². The van der Waals surface area contributed by atoms with Crippen LogP contribution in [0.4, 0.5) is 5.69 Å². The van der Waals surface area contributed by atoms with Gasteiger partial charge in [0, 0.05) is 18.3 Å². The number of anilines is 1. The van der Waals surface area contributed by atoms with Gasteiger partial charge in [-0.1, -0.05) is 42.5 Å². The first-order valence-electron chi connectivity index (χ1n) is 10.6. The van der Waals surface area contributed by atoms with Crippen molar-refractivity contribution in [2.24, 2.45) is 5.73 Å². The number of esters is 1. The molecule has 0 fully saturated rings. The van der Waals surface area contributed by atoms with E-state index < -0.39 is 11.9 Å². The van der Waals surface area contributed by atoms with E-state index >= 15 is 0 Å². The number of aryl methyl sites for hydroxylation is 2. The molecule has 1 aliphatic heterocycles. The Kier molecular flexibility index (Phi) is 6.40. The fourth-order valence-electron chi connectivity index (χ4n) is 4.19. The van der Waals surface area contributed by atoms with E-state index in [2.05, 4.69) is 0 Å². The number of ether oxygens (including phenoxy) is 2. The third-order valence-corrected chi connectivity index (χ3v) is 5.89. The molecule has 0 radical (unpaired) electrons. The maximum atomic E-state index is 13.7. The fourth-order valence-corrected chi connectivity index (χ4v) is 4.19. The Balaban J connectivity index is 1.85. The molecular formula is C25H24N3O6-. The van der Waals surface area contributed by atoms with E-state index in [9.17, 15) is 14.8 Å². The lowest BCUT2D eigenvalue weighted by Gasteiger charge is -2.29. The minimum Gasteiger partial charge on any atom is -0.733 e. The number of fused-ring (bicyclic) bond motifs is 1. The average Bonchev–Trinajstić information content (AvgIpc) is 2.83. The number of nitrogens with two attached hydrogens (primary N) is 1. The first-order chi connectivity index (χ1) is 16.3. The molecule has 176 valence electrons. The van der Waals surface area contributed by atoms with Crippen molar-refractivity contribution in [2.75, 3.05) is 12.3 Å². The van der Waals surface area contributed by atoms with Gasteiger partial charge in [-0.25, -0.2) is 4.79 Å². The Hall–Kier alpha value is -4.08. The topological polar surface area (TPSA) is 130 Å². The van der Waals surface area contributed by atoms with Crippen LogP contribution in [0.15, 0.2) is 76.9 Å². The Morgan fingerprint density at radius 3 is 2.50 bits per heavy atom. The van der Waals surface area contributed by atoms with Crippen molar-refractivity contribution < 1.29 is 19.5 Å². The van der Waals surface area contributed by atoms with Crippen LogP contribution in [0, 0.1) is 12.1 Å². The zero-order valence-corrected chi connectivity index (χ0v) is 18.7. The maximum Gasteiger partial charge on any atom is 0.340 e. The molecule has 3 aromatic rings. The molecule has 2 aromatic carbocycles. The van der Waals surface area contributed by atoms with Gasteiger partial charge in [-0.05, 0) is 36.6 Å². The molecule has 0 unspecified atom stereocenters. The maximum absolute atomic E-state index is 13.7. The highest BCUT2D eigenvalue weighted by atomic mass is 16.8. The summed E-state index contributed by atoms with van der Waals surface area (Å²) in [5.41, 5.74) is 8.28. The Morgan fingerprint density at radius 2 is 1.88 bits per heavy atom. The lowest BCUT2D eigenvalue weighted by Crippen LogP contribution is -2.35. The van der Waals surface area contributed by atoms with Crippen molar-refractivity contribution in [1.82, 2.24) is 4.57 Å². The first-order valence-corrected chi connectivity index (χ1v) is 10.6. The molecule has 9 nitrogen and oxygen atoms in total. The van der Waals surface area contributed by atoms with Gasteiger partial charge in [0.2, 0.25) is 5.88 Å². The lowest BCUT2D eigenvalue weighted by atomic mass is 9.83. The highest BCUT2D eigenvalue weighted by Gasteiger charge is 2.38. The monoisotopic (exact) mass is 462 g/mol. The summed E-state index contributed by atoms with van der Waals surface area (Å²) in [4.78, 5) is 26.4. The molecule has 34 heavy (non-hydrogen) atoms. The van der Waals surface area contributed by atoms with Crippen molar-refractivity contribution in [2.45, 2.75) is 25.8 Å². The van der Waals surface area contributed by atoms with Crippen molar-refractivity contribution in [3.8, 4) is 5.75 Å². The molecule has 4 rings (SSSR count). The minimum atomic E-state index is -0.889. The number of hydrogen-bond acceptors (Lipinski definition) is 8. The first kappa shape index (κ1) is 23.1. The number of methoxy groups -OCH3 is 1. The zero-order valence-electron chi connectivity index (χ0n) is 18.7. The number of carbonyl (C=O) groups excluding carboxylic acids is 1. The summed E-state index contributed by atoms with van der Waals surface area (Å²) in [7, 11) is 1.21. The van der Waals surface area contributed by atoms with Gasteiger partial charge < -0.3 is 30.2 Å². The van der Waals surface area contributed by atoms with Gasteiger partial charge in [0.05, 0.1) is 24.3 Å². The number of nitrogens with zero attached hydrogens (tertiary/aromatic N) is 2. The third-order valence-electron chi connectivity index (χ3n) is 5.89. The van der Waals surface area contributed by atoms with E-state index in [0.717, 1.165) is 5.56 Å². The van der Waals surface area contributed by atoms with Crippen molar-refractivity contribution in [3.63, 3.8) is 0 Å². The molecule has 9 heteroatoms. The van der Waals surface area contributed by atoms with Gasteiger partial charge in [-0.3, -0.25) is 10.0 Å². The largest absolute Gasteiger partial charge is 0.733 e. The van der Waals surface area contributed by atoms with E-state index in [4.69, 9.17) is 20.4 Å². The van der Waals surface area contributed by atoms with E-state index in [0.29, 0.717) is 24.2 Å². The molecule has 0 aliphatic carbocycles. The third kappa shape index (κ3) is 4.26. The predicted octanol–water partition coefficient (Wildman–Crippen LogP) is 2.96. The molecule has 0 bridgehead atoms. The molecule has 0 saturated carbocycles. The smallest absolute Gasteiger partial charge is 0.340 e. The molecule has 0 saturated heterocycles. The molecule has 2 heterocycles. The molecule has 0 spiro atoms. The van der Waals surface area contributed by atoms with Crippen LogP contribution in [-0.4, -0.2) is 22.9 Å². The highest BCUT2D eigenvalue weighted by molar-refractivity contribution is 5.92. The predicted molar refractivity (Wildman–Crippen MR) is 125 cm³/mol. The molecule has 0 amide bonds. The van der Waals surface area contributed by atoms with Gasteiger partial charge in [-0.15, -0.1) is 0 Å². The Bertz CT molecular complexity index is 1300. The van der Waals surface area contributed by atoms with Gasteiger partial charge in [0.15, 0.2) is 0 Å².